The Morgan fingerprint density at radius 3 is 2.83 bits per heavy atom. The van der Waals surface area contributed by atoms with E-state index in [0.29, 0.717) is 12.4 Å². The zero-order valence-corrected chi connectivity index (χ0v) is 12.7. The number of anilines is 3. The summed E-state index contributed by atoms with van der Waals surface area (Å²) in [6.07, 6.45) is 1.59. The van der Waals surface area contributed by atoms with Gasteiger partial charge in [-0.15, -0.1) is 0 Å². The van der Waals surface area contributed by atoms with Gasteiger partial charge in [-0.25, -0.2) is 9.37 Å². The van der Waals surface area contributed by atoms with Crippen molar-refractivity contribution >= 4 is 23.2 Å². The molecule has 5 nitrogen and oxygen atoms in total. The third-order valence-electron chi connectivity index (χ3n) is 3.82. The summed E-state index contributed by atoms with van der Waals surface area (Å²) in [5, 5.41) is 3.20. The molecule has 0 amide bonds. The molecule has 3 aromatic rings. The van der Waals surface area contributed by atoms with Crippen molar-refractivity contribution in [2.45, 2.75) is 6.54 Å². The number of aromatic nitrogens is 2. The first-order chi connectivity index (χ1) is 11.7. The van der Waals surface area contributed by atoms with Crippen LogP contribution in [0, 0.1) is 5.82 Å². The van der Waals surface area contributed by atoms with Crippen molar-refractivity contribution in [2.75, 3.05) is 11.1 Å². The normalized spacial score (nSPS) is 12.6. The molecule has 4 rings (SSSR count). The number of halogens is 1. The summed E-state index contributed by atoms with van der Waals surface area (Å²) >= 11 is 0. The maximum atomic E-state index is 13.5. The number of nitrogens with one attached hydrogen (secondary N) is 1. The standard InChI is InChI=1S/C18H14FN5/c19-13-3-1-2-11(8-13)17-15-9-14(5-4-12(15)10-22-17)23-16-6-7-21-18(20)24-16/h1-9H,10H2,(H3,20,21,23,24). The molecule has 6 heteroatoms. The lowest BCUT2D eigenvalue weighted by atomic mass is 9.99. The maximum absolute atomic E-state index is 13.5. The van der Waals surface area contributed by atoms with E-state index in [1.807, 2.05) is 24.3 Å². The third-order valence-corrected chi connectivity index (χ3v) is 3.82. The first-order valence-corrected chi connectivity index (χ1v) is 7.48. The van der Waals surface area contributed by atoms with Crippen LogP contribution in [0.1, 0.15) is 16.7 Å². The second kappa shape index (κ2) is 5.73. The molecule has 0 fully saturated rings. The van der Waals surface area contributed by atoms with Crippen molar-refractivity contribution < 1.29 is 4.39 Å². The highest BCUT2D eigenvalue weighted by Crippen LogP contribution is 2.27. The highest BCUT2D eigenvalue weighted by atomic mass is 19.1. The predicted octanol–water partition coefficient (Wildman–Crippen LogP) is 3.29. The van der Waals surface area contributed by atoms with Crippen molar-refractivity contribution in [1.29, 1.82) is 0 Å². The topological polar surface area (TPSA) is 76.2 Å². The Bertz CT molecular complexity index is 952. The molecule has 0 bridgehead atoms. The van der Waals surface area contributed by atoms with Crippen LogP contribution < -0.4 is 11.1 Å². The minimum absolute atomic E-state index is 0.211. The molecule has 0 saturated carbocycles. The van der Waals surface area contributed by atoms with Crippen molar-refractivity contribution in [2.24, 2.45) is 4.99 Å². The summed E-state index contributed by atoms with van der Waals surface area (Å²) in [7, 11) is 0. The van der Waals surface area contributed by atoms with E-state index in [4.69, 9.17) is 5.73 Å². The monoisotopic (exact) mass is 319 g/mol. The smallest absolute Gasteiger partial charge is 0.221 e. The SMILES string of the molecule is Nc1nccc(Nc2ccc3c(c2)C(c2cccc(F)c2)=NC3)n1. The zero-order valence-electron chi connectivity index (χ0n) is 12.7. The van der Waals surface area contributed by atoms with Gasteiger partial charge >= 0.3 is 0 Å². The molecule has 3 N–H and O–H groups in total. The van der Waals surface area contributed by atoms with Crippen LogP contribution in [0.2, 0.25) is 0 Å². The molecular weight excluding hydrogens is 305 g/mol. The lowest BCUT2D eigenvalue weighted by Gasteiger charge is -2.09. The molecule has 0 radical (unpaired) electrons. The summed E-state index contributed by atoms with van der Waals surface area (Å²) in [6, 6.07) is 14.2. The van der Waals surface area contributed by atoms with Gasteiger partial charge in [-0.05, 0) is 35.9 Å². The zero-order chi connectivity index (χ0) is 16.5. The lowest BCUT2D eigenvalue weighted by molar-refractivity contribution is 0.627. The molecule has 0 saturated heterocycles. The molecule has 0 atom stereocenters. The second-order valence-electron chi connectivity index (χ2n) is 5.47. The number of hydrogen-bond donors (Lipinski definition) is 2. The van der Waals surface area contributed by atoms with Gasteiger partial charge in [0.05, 0.1) is 12.3 Å². The van der Waals surface area contributed by atoms with Gasteiger partial charge in [0.25, 0.3) is 0 Å². The van der Waals surface area contributed by atoms with Crippen LogP contribution in [0.25, 0.3) is 0 Å². The summed E-state index contributed by atoms with van der Waals surface area (Å²) in [5.41, 5.74) is 10.1. The predicted molar refractivity (Wildman–Crippen MR) is 91.9 cm³/mol. The van der Waals surface area contributed by atoms with E-state index < -0.39 is 0 Å². The minimum atomic E-state index is -0.269. The highest BCUT2D eigenvalue weighted by Gasteiger charge is 2.18. The molecule has 2 heterocycles. The first-order valence-electron chi connectivity index (χ1n) is 7.48. The lowest BCUT2D eigenvalue weighted by Crippen LogP contribution is -2.03. The molecule has 1 aliphatic heterocycles. The number of nitrogen functional groups attached to an aromatic ring is 1. The molecule has 1 aromatic heterocycles. The van der Waals surface area contributed by atoms with Gasteiger partial charge < -0.3 is 11.1 Å². The number of nitrogens with zero attached hydrogens (tertiary/aromatic N) is 3. The third kappa shape index (κ3) is 2.69. The maximum Gasteiger partial charge on any atom is 0.221 e. The fraction of sp³-hybridized carbons (Fsp3) is 0.0556. The Kier molecular flexibility index (Phi) is 3.42. The number of fused-ring (bicyclic) bond motifs is 1. The van der Waals surface area contributed by atoms with Crippen molar-refractivity contribution in [3.63, 3.8) is 0 Å². The number of nitrogens with two attached hydrogens (primary N) is 1. The fourth-order valence-corrected chi connectivity index (χ4v) is 2.74. The van der Waals surface area contributed by atoms with Crippen LogP contribution in [0.15, 0.2) is 59.7 Å². The van der Waals surface area contributed by atoms with Crippen molar-refractivity contribution in [3.8, 4) is 0 Å². The highest BCUT2D eigenvalue weighted by molar-refractivity contribution is 6.15. The van der Waals surface area contributed by atoms with E-state index in [2.05, 4.69) is 20.3 Å². The number of benzene rings is 2. The van der Waals surface area contributed by atoms with E-state index in [-0.39, 0.29) is 11.8 Å². The minimum Gasteiger partial charge on any atom is -0.368 e. The Hall–Kier alpha value is -3.28. The summed E-state index contributed by atoms with van der Waals surface area (Å²) in [4.78, 5) is 12.6. The van der Waals surface area contributed by atoms with Crippen LogP contribution >= 0.6 is 0 Å². The molecular formula is C18H14FN5. The van der Waals surface area contributed by atoms with E-state index in [1.54, 1.807) is 18.3 Å². The largest absolute Gasteiger partial charge is 0.368 e. The second-order valence-corrected chi connectivity index (χ2v) is 5.47. The fourth-order valence-electron chi connectivity index (χ4n) is 2.74. The molecule has 24 heavy (non-hydrogen) atoms. The molecule has 0 aliphatic carbocycles. The number of aliphatic imine (C=N–C) groups is 1. The summed E-state index contributed by atoms with van der Waals surface area (Å²) in [5.74, 6) is 0.558. The quantitative estimate of drug-likeness (QED) is 0.776. The van der Waals surface area contributed by atoms with Crippen LogP contribution in [0.3, 0.4) is 0 Å². The molecule has 2 aromatic carbocycles. The molecule has 118 valence electrons. The van der Waals surface area contributed by atoms with Crippen molar-refractivity contribution in [3.05, 3.63) is 77.2 Å². The first kappa shape index (κ1) is 14.3. The Morgan fingerprint density at radius 1 is 1.08 bits per heavy atom. The molecule has 0 unspecified atom stereocenters. The molecule has 0 spiro atoms. The van der Waals surface area contributed by atoms with Crippen LogP contribution in [0.5, 0.6) is 0 Å². The Balaban J connectivity index is 1.68. The van der Waals surface area contributed by atoms with Gasteiger partial charge in [0.1, 0.15) is 11.6 Å². The van der Waals surface area contributed by atoms with Gasteiger partial charge in [0.2, 0.25) is 5.95 Å². The van der Waals surface area contributed by atoms with Gasteiger partial charge in [-0.1, -0.05) is 18.2 Å². The van der Waals surface area contributed by atoms with Gasteiger partial charge in [-0.3, -0.25) is 4.99 Å². The van der Waals surface area contributed by atoms with Gasteiger partial charge in [0, 0.05) is 23.0 Å². The van der Waals surface area contributed by atoms with Crippen LogP contribution in [-0.4, -0.2) is 15.7 Å². The average molecular weight is 319 g/mol. The van der Waals surface area contributed by atoms with Crippen LogP contribution in [0.4, 0.5) is 21.8 Å². The van der Waals surface area contributed by atoms with Crippen molar-refractivity contribution in [1.82, 2.24) is 9.97 Å². The van der Waals surface area contributed by atoms with E-state index in [1.165, 1.54) is 12.1 Å². The average Bonchev–Trinajstić information content (AvgIpc) is 2.98. The summed E-state index contributed by atoms with van der Waals surface area (Å²) in [6.45, 7) is 0.599. The van der Waals surface area contributed by atoms with E-state index >= 15 is 0 Å². The summed E-state index contributed by atoms with van der Waals surface area (Å²) < 4.78 is 13.5. The Morgan fingerprint density at radius 2 is 2.00 bits per heavy atom. The molecule has 1 aliphatic rings. The Labute approximate surface area is 138 Å². The van der Waals surface area contributed by atoms with E-state index in [0.717, 1.165) is 28.1 Å². The van der Waals surface area contributed by atoms with Crippen LogP contribution in [-0.2, 0) is 6.54 Å². The number of hydrogen-bond acceptors (Lipinski definition) is 5. The van der Waals surface area contributed by atoms with Gasteiger partial charge in [0.15, 0.2) is 0 Å². The van der Waals surface area contributed by atoms with Gasteiger partial charge in [-0.2, -0.15) is 4.98 Å². The van der Waals surface area contributed by atoms with E-state index in [9.17, 15) is 4.39 Å². The number of rotatable bonds is 3.